The summed E-state index contributed by atoms with van der Waals surface area (Å²) < 4.78 is 23.6. The minimum Gasteiger partial charge on any atom is -0.494 e. The predicted molar refractivity (Wildman–Crippen MR) is 103 cm³/mol. The predicted octanol–water partition coefficient (Wildman–Crippen LogP) is 2.65. The van der Waals surface area contributed by atoms with Crippen molar-refractivity contribution < 1.29 is 28.2 Å². The van der Waals surface area contributed by atoms with Gasteiger partial charge in [-0.15, -0.1) is 0 Å². The first-order valence-electron chi connectivity index (χ1n) is 9.33. The van der Waals surface area contributed by atoms with Crippen LogP contribution in [0.3, 0.4) is 0 Å². The molecule has 0 unspecified atom stereocenters. The lowest BCUT2D eigenvalue weighted by atomic mass is 10.1. The number of ketones is 1. The van der Waals surface area contributed by atoms with E-state index in [1.165, 1.54) is 19.2 Å². The van der Waals surface area contributed by atoms with E-state index in [9.17, 15) is 18.8 Å². The van der Waals surface area contributed by atoms with E-state index in [2.05, 4.69) is 0 Å². The zero-order chi connectivity index (χ0) is 20.8. The van der Waals surface area contributed by atoms with Gasteiger partial charge in [-0.1, -0.05) is 30.3 Å². The largest absolute Gasteiger partial charge is 0.494 e. The molecule has 1 atom stereocenters. The molecule has 1 heterocycles. The third-order valence-electron chi connectivity index (χ3n) is 4.88. The van der Waals surface area contributed by atoms with E-state index in [1.54, 1.807) is 4.90 Å². The smallest absolute Gasteiger partial charge is 0.311 e. The quantitative estimate of drug-likeness (QED) is 0.504. The minimum absolute atomic E-state index is 0.0265. The maximum Gasteiger partial charge on any atom is 0.311 e. The molecule has 0 spiro atoms. The van der Waals surface area contributed by atoms with Crippen LogP contribution in [-0.4, -0.2) is 49.4 Å². The normalized spacial score (nSPS) is 16.0. The molecule has 0 radical (unpaired) electrons. The fraction of sp³-hybridized carbons (Fsp3) is 0.318. The number of Topliss-reactive ketones (excluding diaryl/α,β-unsaturated/α-hetero) is 1. The van der Waals surface area contributed by atoms with Crippen molar-refractivity contribution >= 4 is 17.7 Å². The van der Waals surface area contributed by atoms with Crippen LogP contribution in [0.4, 0.5) is 4.39 Å². The number of esters is 1. The Bertz CT molecular complexity index is 899. The number of rotatable bonds is 8. The molecule has 2 aromatic rings. The van der Waals surface area contributed by atoms with Gasteiger partial charge in [-0.2, -0.15) is 0 Å². The first-order chi connectivity index (χ1) is 14.0. The van der Waals surface area contributed by atoms with Crippen LogP contribution < -0.4 is 4.74 Å². The highest BCUT2D eigenvalue weighted by Gasteiger charge is 2.35. The van der Waals surface area contributed by atoms with Crippen LogP contribution in [-0.2, 0) is 20.7 Å². The van der Waals surface area contributed by atoms with Gasteiger partial charge in [0.25, 0.3) is 0 Å². The molecule has 1 saturated heterocycles. The van der Waals surface area contributed by atoms with E-state index in [0.717, 1.165) is 11.6 Å². The number of hydrogen-bond donors (Lipinski definition) is 0. The van der Waals surface area contributed by atoms with Gasteiger partial charge in [0.15, 0.2) is 24.0 Å². The van der Waals surface area contributed by atoms with E-state index in [0.29, 0.717) is 13.0 Å². The molecule has 0 bridgehead atoms. The van der Waals surface area contributed by atoms with Gasteiger partial charge < -0.3 is 14.4 Å². The summed E-state index contributed by atoms with van der Waals surface area (Å²) in [4.78, 5) is 38.2. The monoisotopic (exact) mass is 399 g/mol. The molecule has 6 nitrogen and oxygen atoms in total. The maximum atomic E-state index is 13.7. The Kier molecular flexibility index (Phi) is 6.59. The van der Waals surface area contributed by atoms with Crippen LogP contribution >= 0.6 is 0 Å². The topological polar surface area (TPSA) is 72.9 Å². The summed E-state index contributed by atoms with van der Waals surface area (Å²) in [6.45, 7) is 0.297. The Hall–Kier alpha value is -3.22. The van der Waals surface area contributed by atoms with Crippen LogP contribution in [0.5, 0.6) is 5.75 Å². The Morgan fingerprint density at radius 1 is 1.17 bits per heavy atom. The number of ether oxygens (including phenoxy) is 2. The summed E-state index contributed by atoms with van der Waals surface area (Å²) in [7, 11) is 1.33. The Morgan fingerprint density at radius 3 is 2.62 bits per heavy atom. The molecule has 0 N–H and O–H groups in total. The molecule has 3 rings (SSSR count). The fourth-order valence-corrected chi connectivity index (χ4v) is 3.23. The number of halogens is 1. The molecule has 0 aliphatic carbocycles. The lowest BCUT2D eigenvalue weighted by Gasteiger charge is -2.16. The van der Waals surface area contributed by atoms with Gasteiger partial charge in [-0.25, -0.2) is 4.39 Å². The van der Waals surface area contributed by atoms with Crippen molar-refractivity contribution in [1.82, 2.24) is 4.90 Å². The first-order valence-corrected chi connectivity index (χ1v) is 9.33. The van der Waals surface area contributed by atoms with Gasteiger partial charge in [0.05, 0.1) is 13.0 Å². The maximum absolute atomic E-state index is 13.7. The van der Waals surface area contributed by atoms with Gasteiger partial charge in [0, 0.05) is 25.1 Å². The molecule has 1 fully saturated rings. The van der Waals surface area contributed by atoms with Crippen molar-refractivity contribution in [2.45, 2.75) is 12.8 Å². The first kappa shape index (κ1) is 20.5. The number of carbonyl (C=O) groups excluding carboxylic acids is 3. The van der Waals surface area contributed by atoms with E-state index < -0.39 is 30.1 Å². The molecule has 1 aliphatic rings. The average Bonchev–Trinajstić information content (AvgIpc) is 3.11. The van der Waals surface area contributed by atoms with Crippen LogP contribution in [0, 0.1) is 11.7 Å². The molecular weight excluding hydrogens is 377 g/mol. The van der Waals surface area contributed by atoms with Gasteiger partial charge in [-0.3, -0.25) is 14.4 Å². The fourth-order valence-electron chi connectivity index (χ4n) is 3.23. The van der Waals surface area contributed by atoms with Gasteiger partial charge in [0.2, 0.25) is 5.91 Å². The van der Waals surface area contributed by atoms with Crippen molar-refractivity contribution in [1.29, 1.82) is 0 Å². The average molecular weight is 399 g/mol. The van der Waals surface area contributed by atoms with Crippen molar-refractivity contribution in [3.05, 3.63) is 65.5 Å². The van der Waals surface area contributed by atoms with Crippen LogP contribution in [0.2, 0.25) is 0 Å². The zero-order valence-electron chi connectivity index (χ0n) is 16.1. The lowest BCUT2D eigenvalue weighted by Crippen LogP contribution is -2.29. The molecule has 1 amide bonds. The Labute approximate surface area is 168 Å². The van der Waals surface area contributed by atoms with Gasteiger partial charge in [0.1, 0.15) is 0 Å². The number of amides is 1. The molecule has 0 saturated carbocycles. The number of likely N-dealkylation sites (tertiary alicyclic amines) is 1. The highest BCUT2D eigenvalue weighted by Crippen LogP contribution is 2.21. The summed E-state index contributed by atoms with van der Waals surface area (Å²) in [5.41, 5.74) is 1.20. The second-order valence-electron chi connectivity index (χ2n) is 6.86. The van der Waals surface area contributed by atoms with E-state index in [-0.39, 0.29) is 30.2 Å². The van der Waals surface area contributed by atoms with Crippen LogP contribution in [0.1, 0.15) is 22.3 Å². The van der Waals surface area contributed by atoms with Crippen LogP contribution in [0.25, 0.3) is 0 Å². The Morgan fingerprint density at radius 2 is 1.93 bits per heavy atom. The van der Waals surface area contributed by atoms with Crippen LogP contribution in [0.15, 0.2) is 48.5 Å². The van der Waals surface area contributed by atoms with E-state index in [1.807, 2.05) is 30.3 Å². The highest BCUT2D eigenvalue weighted by atomic mass is 19.1. The SMILES string of the molecule is COc1ccc(C(=O)COC(=O)[C@@H]2CC(=O)N(CCc3ccccc3)C2)cc1F. The number of methoxy groups -OCH3 is 1. The summed E-state index contributed by atoms with van der Waals surface area (Å²) in [5.74, 6) is -2.46. The molecule has 0 aromatic heterocycles. The summed E-state index contributed by atoms with van der Waals surface area (Å²) in [6.07, 6.45) is 0.773. The summed E-state index contributed by atoms with van der Waals surface area (Å²) in [6, 6.07) is 13.6. The number of carbonyl (C=O) groups is 3. The van der Waals surface area contributed by atoms with E-state index in [4.69, 9.17) is 9.47 Å². The highest BCUT2D eigenvalue weighted by molar-refractivity contribution is 5.98. The standard InChI is InChI=1S/C22H22FNO5/c1-28-20-8-7-16(11-18(20)23)19(25)14-29-22(27)17-12-21(26)24(13-17)10-9-15-5-3-2-4-6-15/h2-8,11,17H,9-10,12-14H2,1H3/t17-/m1/s1. The third kappa shape index (κ3) is 5.19. The molecule has 152 valence electrons. The molecule has 29 heavy (non-hydrogen) atoms. The van der Waals surface area contributed by atoms with Gasteiger partial charge in [-0.05, 0) is 30.2 Å². The second kappa shape index (κ2) is 9.32. The number of benzene rings is 2. The number of nitrogens with zero attached hydrogens (tertiary/aromatic N) is 1. The zero-order valence-corrected chi connectivity index (χ0v) is 16.1. The second-order valence-corrected chi connectivity index (χ2v) is 6.86. The van der Waals surface area contributed by atoms with Crippen molar-refractivity contribution in [3.63, 3.8) is 0 Å². The third-order valence-corrected chi connectivity index (χ3v) is 4.88. The molecule has 7 heteroatoms. The molecular formula is C22H22FNO5. The van der Waals surface area contributed by atoms with Gasteiger partial charge >= 0.3 is 5.97 Å². The summed E-state index contributed by atoms with van der Waals surface area (Å²) >= 11 is 0. The lowest BCUT2D eigenvalue weighted by molar-refractivity contribution is -0.147. The summed E-state index contributed by atoms with van der Waals surface area (Å²) in [5, 5.41) is 0. The van der Waals surface area contributed by atoms with Crippen molar-refractivity contribution in [2.75, 3.05) is 26.8 Å². The number of hydrogen-bond acceptors (Lipinski definition) is 5. The van der Waals surface area contributed by atoms with Crippen molar-refractivity contribution in [3.8, 4) is 5.75 Å². The molecule has 2 aromatic carbocycles. The minimum atomic E-state index is -0.667. The van der Waals surface area contributed by atoms with Crippen molar-refractivity contribution in [2.24, 2.45) is 5.92 Å². The Balaban J connectivity index is 1.48. The molecule has 1 aliphatic heterocycles. The van der Waals surface area contributed by atoms with E-state index >= 15 is 0 Å².